The van der Waals surface area contributed by atoms with Crippen LogP contribution in [0, 0.1) is 6.92 Å². The molecule has 3 N–H and O–H groups in total. The van der Waals surface area contributed by atoms with Gasteiger partial charge in [0.05, 0.1) is 11.1 Å². The fourth-order valence-electron chi connectivity index (χ4n) is 3.43. The van der Waals surface area contributed by atoms with Crippen LogP contribution in [0.3, 0.4) is 0 Å². The molecule has 13 heteroatoms. The number of aryl methyl sites for hydroxylation is 1. The summed E-state index contributed by atoms with van der Waals surface area (Å²) >= 11 is 0. The first-order valence-electron chi connectivity index (χ1n) is 11.1. The summed E-state index contributed by atoms with van der Waals surface area (Å²) in [6.07, 6.45) is -10.0. The van der Waals surface area contributed by atoms with E-state index in [1.807, 2.05) is 19.2 Å². The zero-order valence-corrected chi connectivity index (χ0v) is 20.1. The van der Waals surface area contributed by atoms with E-state index in [-0.39, 0.29) is 11.8 Å². The highest BCUT2D eigenvalue weighted by Gasteiger charge is 2.37. The number of hydrogen-bond acceptors (Lipinski definition) is 5. The molecule has 0 aliphatic heterocycles. The zero-order valence-electron chi connectivity index (χ0n) is 20.1. The van der Waals surface area contributed by atoms with Gasteiger partial charge in [-0.2, -0.15) is 26.3 Å². The van der Waals surface area contributed by atoms with Gasteiger partial charge in [0, 0.05) is 36.2 Å². The van der Waals surface area contributed by atoms with Gasteiger partial charge < -0.3 is 20.9 Å². The van der Waals surface area contributed by atoms with Gasteiger partial charge in [-0.1, -0.05) is 0 Å². The van der Waals surface area contributed by atoms with Crippen LogP contribution in [-0.4, -0.2) is 29.1 Å². The highest BCUT2D eigenvalue weighted by atomic mass is 19.4. The quantitative estimate of drug-likeness (QED) is 0.287. The monoisotopic (exact) mass is 526 g/mol. The molecule has 0 radical (unpaired) electrons. The number of rotatable bonds is 7. The Hall–Kier alpha value is -4.03. The third-order valence-electron chi connectivity index (χ3n) is 5.17. The number of alkyl halides is 6. The first-order chi connectivity index (χ1) is 17.3. The van der Waals surface area contributed by atoms with Gasteiger partial charge in [0.25, 0.3) is 0 Å². The van der Waals surface area contributed by atoms with E-state index in [2.05, 4.69) is 25.5 Å². The predicted molar refractivity (Wildman–Crippen MR) is 129 cm³/mol. The molecule has 0 aliphatic carbocycles. The molecule has 2 amide bonds. The number of hydrogen-bond donors (Lipinski definition) is 3. The Morgan fingerprint density at radius 1 is 0.784 bits per heavy atom. The van der Waals surface area contributed by atoms with E-state index in [0.717, 1.165) is 18.9 Å². The van der Waals surface area contributed by atoms with Crippen LogP contribution in [0.1, 0.15) is 30.8 Å². The topological polar surface area (TPSA) is 82.2 Å². The number of nitrogens with one attached hydrogen (secondary N) is 3. The van der Waals surface area contributed by atoms with E-state index in [9.17, 15) is 31.1 Å². The molecule has 37 heavy (non-hydrogen) atoms. The largest absolute Gasteiger partial charge is 0.416 e. The number of carbonyl (C=O) groups excluding carboxylic acids is 1. The minimum absolute atomic E-state index is 0.0149. The standard InChI is InChI=1S/C24H24F6N6O/c1-4-36(5-2)21-13-20(31-14(3)32-21)33-17-6-8-18(9-7-17)34-22(37)35-19-11-15(23(25,26)27)10-16(12-19)24(28,29)30/h6-13H,4-5H2,1-3H3,(H,31,32,33)(H2,34,35,37). The van der Waals surface area contributed by atoms with E-state index in [4.69, 9.17) is 0 Å². The number of halogens is 6. The van der Waals surface area contributed by atoms with E-state index >= 15 is 0 Å². The number of aromatic nitrogens is 2. The van der Waals surface area contributed by atoms with Crippen LogP contribution >= 0.6 is 0 Å². The second-order valence-corrected chi connectivity index (χ2v) is 7.91. The van der Waals surface area contributed by atoms with Crippen molar-refractivity contribution in [1.82, 2.24) is 9.97 Å². The minimum atomic E-state index is -5.02. The molecule has 0 fully saturated rings. The summed E-state index contributed by atoms with van der Waals surface area (Å²) in [6.45, 7) is 7.34. The first kappa shape index (κ1) is 27.6. The maximum atomic E-state index is 13.0. The Labute approximate surface area is 208 Å². The molecule has 0 spiro atoms. The van der Waals surface area contributed by atoms with Crippen molar-refractivity contribution in [2.24, 2.45) is 0 Å². The molecule has 1 aromatic heterocycles. The lowest BCUT2D eigenvalue weighted by Gasteiger charge is -2.20. The zero-order chi connectivity index (χ0) is 27.4. The number of anilines is 5. The summed E-state index contributed by atoms with van der Waals surface area (Å²) in [4.78, 5) is 23.1. The van der Waals surface area contributed by atoms with Gasteiger partial charge in [-0.15, -0.1) is 0 Å². The molecule has 2 aromatic carbocycles. The average Bonchev–Trinajstić information content (AvgIpc) is 2.79. The van der Waals surface area contributed by atoms with E-state index in [1.165, 1.54) is 12.1 Å². The van der Waals surface area contributed by atoms with Crippen molar-refractivity contribution in [2.75, 3.05) is 33.9 Å². The molecule has 0 bridgehead atoms. The fraction of sp³-hybridized carbons (Fsp3) is 0.292. The van der Waals surface area contributed by atoms with E-state index < -0.39 is 35.2 Å². The van der Waals surface area contributed by atoms with Crippen molar-refractivity contribution in [1.29, 1.82) is 0 Å². The van der Waals surface area contributed by atoms with Crippen molar-refractivity contribution in [3.63, 3.8) is 0 Å². The van der Waals surface area contributed by atoms with Gasteiger partial charge in [-0.25, -0.2) is 14.8 Å². The van der Waals surface area contributed by atoms with Gasteiger partial charge in [-0.3, -0.25) is 0 Å². The molecular formula is C24H24F6N6O. The van der Waals surface area contributed by atoms with Gasteiger partial charge >= 0.3 is 18.4 Å². The van der Waals surface area contributed by atoms with Gasteiger partial charge in [0.2, 0.25) is 0 Å². The molecule has 198 valence electrons. The normalized spacial score (nSPS) is 11.7. The molecule has 1 heterocycles. The number of urea groups is 1. The third kappa shape index (κ3) is 7.48. The second-order valence-electron chi connectivity index (χ2n) is 7.91. The average molecular weight is 526 g/mol. The maximum Gasteiger partial charge on any atom is 0.416 e. The van der Waals surface area contributed by atoms with Crippen LogP contribution < -0.4 is 20.9 Å². The van der Waals surface area contributed by atoms with Crippen molar-refractivity contribution in [2.45, 2.75) is 33.1 Å². The Kier molecular flexibility index (Phi) is 8.14. The lowest BCUT2D eigenvalue weighted by Crippen LogP contribution is -2.23. The molecule has 0 aliphatic rings. The summed E-state index contributed by atoms with van der Waals surface area (Å²) in [7, 11) is 0. The highest BCUT2D eigenvalue weighted by molar-refractivity contribution is 6.00. The summed E-state index contributed by atoms with van der Waals surface area (Å²) in [5.74, 6) is 1.89. The highest BCUT2D eigenvalue weighted by Crippen LogP contribution is 2.37. The summed E-state index contributed by atoms with van der Waals surface area (Å²) in [5.41, 5.74) is -2.83. The van der Waals surface area contributed by atoms with Crippen LogP contribution in [0.4, 0.5) is 59.8 Å². The Morgan fingerprint density at radius 3 is 1.81 bits per heavy atom. The first-order valence-corrected chi connectivity index (χ1v) is 11.1. The van der Waals surface area contributed by atoms with E-state index in [0.29, 0.717) is 29.5 Å². The van der Waals surface area contributed by atoms with Gasteiger partial charge in [-0.05, 0) is 63.2 Å². The van der Waals surface area contributed by atoms with Crippen LogP contribution in [0.15, 0.2) is 48.5 Å². The van der Waals surface area contributed by atoms with Crippen molar-refractivity contribution in [3.05, 3.63) is 65.5 Å². The van der Waals surface area contributed by atoms with Crippen LogP contribution in [-0.2, 0) is 12.4 Å². The van der Waals surface area contributed by atoms with Crippen LogP contribution in [0.5, 0.6) is 0 Å². The summed E-state index contributed by atoms with van der Waals surface area (Å²) < 4.78 is 78.1. The smallest absolute Gasteiger partial charge is 0.357 e. The van der Waals surface area contributed by atoms with Gasteiger partial charge in [0.15, 0.2) is 0 Å². The third-order valence-corrected chi connectivity index (χ3v) is 5.17. The van der Waals surface area contributed by atoms with Crippen molar-refractivity contribution >= 4 is 34.7 Å². The molecular weight excluding hydrogens is 502 g/mol. The molecule has 0 unspecified atom stereocenters. The summed E-state index contributed by atoms with van der Waals surface area (Å²) in [5, 5.41) is 7.52. The number of amides is 2. The van der Waals surface area contributed by atoms with E-state index in [1.54, 1.807) is 25.1 Å². The Balaban J connectivity index is 1.70. The SMILES string of the molecule is CCN(CC)c1cc(Nc2ccc(NC(=O)Nc3cc(C(F)(F)F)cc(C(F)(F)F)c3)cc2)nc(C)n1. The number of nitrogens with zero attached hydrogens (tertiary/aromatic N) is 3. The molecule has 3 aromatic rings. The minimum Gasteiger partial charge on any atom is -0.357 e. The summed E-state index contributed by atoms with van der Waals surface area (Å²) in [6, 6.07) is 7.89. The second kappa shape index (κ2) is 10.9. The molecule has 0 saturated carbocycles. The lowest BCUT2D eigenvalue weighted by molar-refractivity contribution is -0.143. The Bertz CT molecular complexity index is 1210. The Morgan fingerprint density at radius 2 is 1.30 bits per heavy atom. The fourth-order valence-corrected chi connectivity index (χ4v) is 3.43. The molecule has 0 saturated heterocycles. The maximum absolute atomic E-state index is 13.0. The molecule has 7 nitrogen and oxygen atoms in total. The van der Waals surface area contributed by atoms with Crippen LogP contribution in [0.2, 0.25) is 0 Å². The molecule has 0 atom stereocenters. The molecule has 3 rings (SSSR count). The van der Waals surface area contributed by atoms with Crippen LogP contribution in [0.25, 0.3) is 0 Å². The van der Waals surface area contributed by atoms with Crippen molar-refractivity contribution < 1.29 is 31.1 Å². The van der Waals surface area contributed by atoms with Gasteiger partial charge in [0.1, 0.15) is 17.5 Å². The number of carbonyl (C=O) groups is 1. The van der Waals surface area contributed by atoms with Crippen molar-refractivity contribution in [3.8, 4) is 0 Å². The lowest BCUT2D eigenvalue weighted by atomic mass is 10.1. The number of benzene rings is 2. The predicted octanol–water partition coefficient (Wildman–Crippen LogP) is 7.06.